The molecule has 5 aromatic rings. The molecule has 0 aliphatic carbocycles. The number of oxazole rings is 1. The Morgan fingerprint density at radius 1 is 1.00 bits per heavy atom. The summed E-state index contributed by atoms with van der Waals surface area (Å²) < 4.78 is 113. The summed E-state index contributed by atoms with van der Waals surface area (Å²) in [5.41, 5.74) is 4.48. The highest BCUT2D eigenvalue weighted by molar-refractivity contribution is 7.90. The van der Waals surface area contributed by atoms with E-state index in [-0.39, 0.29) is 62.4 Å². The lowest BCUT2D eigenvalue weighted by Gasteiger charge is -2.14. The number of sulfone groups is 1. The van der Waals surface area contributed by atoms with Crippen LogP contribution < -0.4 is 15.2 Å². The Morgan fingerprint density at radius 2 is 1.69 bits per heavy atom. The summed E-state index contributed by atoms with van der Waals surface area (Å²) in [6.07, 6.45) is -3.05. The minimum Gasteiger partial charge on any atom is -0.440 e. The maximum Gasteiger partial charge on any atom is 0.586 e. The van der Waals surface area contributed by atoms with Gasteiger partial charge in [0.2, 0.25) is 0 Å². The van der Waals surface area contributed by atoms with Crippen molar-refractivity contribution in [3.05, 3.63) is 77.6 Å². The van der Waals surface area contributed by atoms with Crippen molar-refractivity contribution in [2.75, 3.05) is 6.26 Å². The average Bonchev–Trinajstić information content (AvgIpc) is 3.68. The van der Waals surface area contributed by atoms with E-state index >= 15 is 4.39 Å². The van der Waals surface area contributed by atoms with Crippen LogP contribution in [0.4, 0.5) is 22.0 Å². The molecule has 0 unspecified atom stereocenters. The number of nitrogens with zero attached hydrogens (tertiary/aromatic N) is 3. The molecule has 17 heteroatoms. The number of carbonyl (C=O) groups excluding carboxylic acids is 1. The molecule has 1 amide bonds. The van der Waals surface area contributed by atoms with Gasteiger partial charge in [0.15, 0.2) is 33.0 Å². The molecule has 6 rings (SSSR count). The third-order valence-electron chi connectivity index (χ3n) is 7.51. The Kier molecular flexibility index (Phi) is 7.59. The summed E-state index contributed by atoms with van der Waals surface area (Å²) in [4.78, 5) is 15.5. The molecule has 11 nitrogen and oxygen atoms in total. The number of primary amides is 1. The van der Waals surface area contributed by atoms with Gasteiger partial charge in [0.25, 0.3) is 5.91 Å². The molecule has 3 aromatic carbocycles. The molecule has 0 saturated heterocycles. The highest BCUT2D eigenvalue weighted by Crippen LogP contribution is 2.46. The minimum absolute atomic E-state index is 0.00447. The zero-order valence-electron chi connectivity index (χ0n) is 25.0. The van der Waals surface area contributed by atoms with E-state index in [1.54, 1.807) is 0 Å². The molecular weight excluding hydrogens is 667 g/mol. The van der Waals surface area contributed by atoms with Crippen LogP contribution >= 0.6 is 0 Å². The predicted octanol–water partition coefficient (Wildman–Crippen LogP) is 5.32. The molecule has 0 radical (unpaired) electrons. The van der Waals surface area contributed by atoms with Crippen LogP contribution in [0.15, 0.2) is 63.9 Å². The highest BCUT2D eigenvalue weighted by Gasteiger charge is 2.44. The van der Waals surface area contributed by atoms with E-state index < -0.39 is 56.5 Å². The number of aromatic nitrogens is 3. The van der Waals surface area contributed by atoms with Gasteiger partial charge in [-0.25, -0.2) is 17.8 Å². The Morgan fingerprint density at radius 3 is 2.35 bits per heavy atom. The number of hydrogen-bond donors (Lipinski definition) is 2. The summed E-state index contributed by atoms with van der Waals surface area (Å²) in [7, 11) is -2.68. The van der Waals surface area contributed by atoms with Crippen molar-refractivity contribution >= 4 is 15.7 Å². The Hall–Kier alpha value is -5.29. The first-order chi connectivity index (χ1) is 22.4. The van der Waals surface area contributed by atoms with E-state index in [9.17, 15) is 35.9 Å². The first-order valence-corrected chi connectivity index (χ1v) is 15.7. The van der Waals surface area contributed by atoms with E-state index in [4.69, 9.17) is 10.2 Å². The molecule has 0 saturated carbocycles. The fourth-order valence-electron chi connectivity index (χ4n) is 5.30. The van der Waals surface area contributed by atoms with Gasteiger partial charge in [0.1, 0.15) is 17.2 Å². The highest BCUT2D eigenvalue weighted by atomic mass is 32.2. The molecule has 0 bridgehead atoms. The van der Waals surface area contributed by atoms with Crippen molar-refractivity contribution in [2.45, 2.75) is 30.6 Å². The number of nitrogens with two attached hydrogens (primary N) is 1. The lowest BCUT2D eigenvalue weighted by molar-refractivity contribution is -0.286. The normalized spacial score (nSPS) is 14.0. The summed E-state index contributed by atoms with van der Waals surface area (Å²) in [6, 6.07) is 11.3. The Labute approximate surface area is 268 Å². The number of carbonyl (C=O) groups is 1. The van der Waals surface area contributed by atoms with Crippen LogP contribution in [0.3, 0.4) is 0 Å². The Balaban J connectivity index is 1.60. The summed E-state index contributed by atoms with van der Waals surface area (Å²) in [5.74, 6) is -7.50. The van der Waals surface area contributed by atoms with Crippen LogP contribution in [-0.2, 0) is 34.2 Å². The number of halogens is 5. The van der Waals surface area contributed by atoms with Gasteiger partial charge >= 0.3 is 12.2 Å². The van der Waals surface area contributed by atoms with Crippen molar-refractivity contribution < 1.29 is 54.2 Å². The van der Waals surface area contributed by atoms with Crippen molar-refractivity contribution in [3.63, 3.8) is 0 Å². The maximum absolute atomic E-state index is 15.1. The zero-order chi connectivity index (χ0) is 34.9. The topological polar surface area (TPSA) is 160 Å². The number of benzene rings is 3. The maximum atomic E-state index is 15.1. The number of fused-ring (bicyclic) bond motifs is 1. The third-order valence-corrected chi connectivity index (χ3v) is 8.67. The van der Waals surface area contributed by atoms with Crippen LogP contribution in [0, 0.1) is 12.7 Å². The number of aliphatic hydroxyl groups excluding tert-OH is 1. The second-order valence-corrected chi connectivity index (χ2v) is 12.8. The minimum atomic E-state index is -4.13. The molecule has 2 aromatic heterocycles. The monoisotopic (exact) mass is 690 g/mol. The number of ether oxygens (including phenoxy) is 2. The first kappa shape index (κ1) is 32.6. The van der Waals surface area contributed by atoms with Crippen molar-refractivity contribution in [3.8, 4) is 56.5 Å². The second kappa shape index (κ2) is 11.2. The fraction of sp³-hybridized carbons (Fsp3) is 0.194. The van der Waals surface area contributed by atoms with Crippen molar-refractivity contribution in [1.82, 2.24) is 14.8 Å². The lowest BCUT2D eigenvalue weighted by Crippen LogP contribution is -2.33. The summed E-state index contributed by atoms with van der Waals surface area (Å²) in [6.45, 7) is 0.605. The van der Waals surface area contributed by atoms with Gasteiger partial charge in [-0.2, -0.15) is 13.9 Å². The standard InChI is InChI=1S/C31H23F5N4O7S/c1-14-38-27(16-5-7-23-24(10-16)47-31(35,36)46-23)28(45-14)19-8-15(17-9-21(32)20(13-41)25(11-17)48(3,43)44)4-6-18(19)22-12-26(39-40(22)2)30(33,34)29(37)42/h4-12,41H,13H2,1-3H3,(H2,37,42). The van der Waals surface area contributed by atoms with Crippen molar-refractivity contribution in [2.24, 2.45) is 12.8 Å². The average molecular weight is 691 g/mol. The van der Waals surface area contributed by atoms with Crippen LogP contribution in [0.25, 0.3) is 45.0 Å². The van der Waals surface area contributed by atoms with Crippen LogP contribution in [0.1, 0.15) is 17.1 Å². The van der Waals surface area contributed by atoms with Gasteiger partial charge in [-0.3, -0.25) is 9.48 Å². The van der Waals surface area contributed by atoms with E-state index in [1.165, 1.54) is 56.4 Å². The number of aryl methyl sites for hydroxylation is 2. The van der Waals surface area contributed by atoms with Crippen LogP contribution in [0.5, 0.6) is 11.5 Å². The van der Waals surface area contributed by atoms with Gasteiger partial charge in [-0.1, -0.05) is 12.1 Å². The van der Waals surface area contributed by atoms with E-state index in [0.29, 0.717) is 0 Å². The van der Waals surface area contributed by atoms with E-state index in [1.807, 2.05) is 0 Å². The predicted molar refractivity (Wildman–Crippen MR) is 158 cm³/mol. The third kappa shape index (κ3) is 5.64. The molecule has 0 atom stereocenters. The molecule has 48 heavy (non-hydrogen) atoms. The first-order valence-electron chi connectivity index (χ1n) is 13.8. The smallest absolute Gasteiger partial charge is 0.440 e. The number of hydrogen-bond acceptors (Lipinski definition) is 9. The summed E-state index contributed by atoms with van der Waals surface area (Å²) in [5, 5.41) is 13.4. The molecule has 3 heterocycles. The fourth-order valence-corrected chi connectivity index (χ4v) is 6.25. The zero-order valence-corrected chi connectivity index (χ0v) is 25.8. The van der Waals surface area contributed by atoms with Gasteiger partial charge in [0, 0.05) is 42.5 Å². The Bertz CT molecular complexity index is 2250. The number of amides is 1. The number of rotatable bonds is 8. The van der Waals surface area contributed by atoms with Crippen LogP contribution in [-0.4, -0.2) is 46.7 Å². The number of aliphatic hydroxyl groups is 1. The van der Waals surface area contributed by atoms with Gasteiger partial charge in [-0.15, -0.1) is 8.78 Å². The lowest BCUT2D eigenvalue weighted by atomic mass is 9.93. The largest absolute Gasteiger partial charge is 0.586 e. The molecular formula is C31H23F5N4O7S. The van der Waals surface area contributed by atoms with E-state index in [0.717, 1.165) is 23.1 Å². The quantitative estimate of drug-likeness (QED) is 0.206. The van der Waals surface area contributed by atoms with Gasteiger partial charge in [0.05, 0.1) is 17.2 Å². The molecule has 0 spiro atoms. The van der Waals surface area contributed by atoms with Gasteiger partial charge < -0.3 is 24.7 Å². The molecule has 1 aliphatic heterocycles. The van der Waals surface area contributed by atoms with E-state index in [2.05, 4.69) is 19.6 Å². The van der Waals surface area contributed by atoms with Gasteiger partial charge in [-0.05, 0) is 53.6 Å². The molecule has 250 valence electrons. The number of alkyl halides is 4. The van der Waals surface area contributed by atoms with Crippen LogP contribution in [0.2, 0.25) is 0 Å². The molecule has 0 fully saturated rings. The van der Waals surface area contributed by atoms with Crippen molar-refractivity contribution in [1.29, 1.82) is 0 Å². The molecule has 1 aliphatic rings. The summed E-state index contributed by atoms with van der Waals surface area (Å²) >= 11 is 0. The molecule has 3 N–H and O–H groups in total. The second-order valence-electron chi connectivity index (χ2n) is 10.8. The SMILES string of the molecule is Cc1nc(-c2ccc3c(c2)OC(F)(F)O3)c(-c2cc(-c3cc(F)c(CO)c(S(C)(=O)=O)c3)ccc2-c2cc(C(F)(F)C(N)=O)nn2C)o1.